The average Bonchev–Trinajstić information content (AvgIpc) is 2.83. The molecule has 0 spiro atoms. The molecule has 0 atom stereocenters. The van der Waals surface area contributed by atoms with Gasteiger partial charge in [-0.05, 0) is 51.2 Å². The van der Waals surface area contributed by atoms with Crippen LogP contribution in [0.2, 0.25) is 0 Å². The third kappa shape index (κ3) is 4.56. The van der Waals surface area contributed by atoms with E-state index in [-0.39, 0.29) is 13.2 Å². The Kier molecular flexibility index (Phi) is 6.78. The molecule has 24 heavy (non-hydrogen) atoms. The molecule has 1 amide bonds. The summed E-state index contributed by atoms with van der Waals surface area (Å²) >= 11 is 1.43. The van der Waals surface area contributed by atoms with E-state index in [1.807, 2.05) is 6.07 Å². The van der Waals surface area contributed by atoms with Crippen LogP contribution in [0.15, 0.2) is 6.07 Å². The molecule has 132 valence electrons. The second-order valence-electron chi connectivity index (χ2n) is 5.53. The van der Waals surface area contributed by atoms with E-state index in [9.17, 15) is 14.4 Å². The van der Waals surface area contributed by atoms with Crippen molar-refractivity contribution in [3.63, 3.8) is 0 Å². The van der Waals surface area contributed by atoms with E-state index in [1.165, 1.54) is 28.2 Å². The standard InChI is InChI=1S/C17H23NO5S/c1-3-22-16(20)14(17(21)23-4-2)18-15(19)13-10-11-8-6-5-7-9-12(11)24-13/h10,14H,3-9H2,1-2H3,(H,18,19). The minimum absolute atomic E-state index is 0.123. The monoisotopic (exact) mass is 353 g/mol. The summed E-state index contributed by atoms with van der Waals surface area (Å²) in [5, 5.41) is 2.45. The quantitative estimate of drug-likeness (QED) is 0.482. The first-order valence-electron chi connectivity index (χ1n) is 8.32. The highest BCUT2D eigenvalue weighted by atomic mass is 32.1. The maximum atomic E-state index is 12.5. The topological polar surface area (TPSA) is 81.7 Å². The number of rotatable bonds is 6. The van der Waals surface area contributed by atoms with Gasteiger partial charge in [-0.3, -0.25) is 4.79 Å². The van der Waals surface area contributed by atoms with Crippen LogP contribution in [-0.2, 0) is 31.9 Å². The van der Waals surface area contributed by atoms with Crippen molar-refractivity contribution in [1.82, 2.24) is 5.32 Å². The second kappa shape index (κ2) is 8.82. The van der Waals surface area contributed by atoms with E-state index >= 15 is 0 Å². The predicted octanol–water partition coefficient (Wildman–Crippen LogP) is 2.24. The van der Waals surface area contributed by atoms with Gasteiger partial charge in [0, 0.05) is 4.88 Å². The van der Waals surface area contributed by atoms with Gasteiger partial charge in [0.15, 0.2) is 0 Å². The Morgan fingerprint density at radius 3 is 2.33 bits per heavy atom. The first kappa shape index (κ1) is 18.4. The van der Waals surface area contributed by atoms with E-state index in [4.69, 9.17) is 9.47 Å². The van der Waals surface area contributed by atoms with Crippen molar-refractivity contribution in [2.75, 3.05) is 13.2 Å². The summed E-state index contributed by atoms with van der Waals surface area (Å²) in [4.78, 5) is 38.1. The van der Waals surface area contributed by atoms with Crippen molar-refractivity contribution in [3.8, 4) is 0 Å². The minimum Gasteiger partial charge on any atom is -0.464 e. The van der Waals surface area contributed by atoms with Crippen LogP contribution in [-0.4, -0.2) is 37.1 Å². The SMILES string of the molecule is CCOC(=O)C(NC(=O)c1cc2c(s1)CCCCC2)C(=O)OCC. The smallest absolute Gasteiger partial charge is 0.340 e. The van der Waals surface area contributed by atoms with Crippen LogP contribution in [0.3, 0.4) is 0 Å². The van der Waals surface area contributed by atoms with Gasteiger partial charge in [0.1, 0.15) is 0 Å². The van der Waals surface area contributed by atoms with Gasteiger partial charge in [0.25, 0.3) is 5.91 Å². The number of hydrogen-bond acceptors (Lipinski definition) is 6. The molecule has 2 rings (SSSR count). The number of aryl methyl sites for hydroxylation is 2. The van der Waals surface area contributed by atoms with Gasteiger partial charge in [-0.15, -0.1) is 11.3 Å². The van der Waals surface area contributed by atoms with Gasteiger partial charge in [0.05, 0.1) is 18.1 Å². The maximum absolute atomic E-state index is 12.5. The Hall–Kier alpha value is -1.89. The Morgan fingerprint density at radius 1 is 1.08 bits per heavy atom. The molecule has 0 fully saturated rings. The van der Waals surface area contributed by atoms with Crippen molar-refractivity contribution in [1.29, 1.82) is 0 Å². The zero-order chi connectivity index (χ0) is 17.5. The lowest BCUT2D eigenvalue weighted by Crippen LogP contribution is -2.48. The summed E-state index contributed by atoms with van der Waals surface area (Å²) in [6.07, 6.45) is 5.41. The molecule has 0 radical (unpaired) electrons. The number of thiophene rings is 1. The van der Waals surface area contributed by atoms with E-state index in [0.717, 1.165) is 25.7 Å². The number of ether oxygens (including phenoxy) is 2. The van der Waals surface area contributed by atoms with E-state index in [0.29, 0.717) is 4.88 Å². The highest BCUT2D eigenvalue weighted by molar-refractivity contribution is 7.14. The summed E-state index contributed by atoms with van der Waals surface area (Å²) in [5.41, 5.74) is 1.20. The van der Waals surface area contributed by atoms with E-state index < -0.39 is 23.9 Å². The van der Waals surface area contributed by atoms with Crippen LogP contribution >= 0.6 is 11.3 Å². The number of hydrogen-bond donors (Lipinski definition) is 1. The molecule has 1 aliphatic rings. The van der Waals surface area contributed by atoms with E-state index in [2.05, 4.69) is 5.32 Å². The molecule has 0 bridgehead atoms. The fourth-order valence-corrected chi connectivity index (χ4v) is 3.80. The Labute approximate surface area is 145 Å². The van der Waals surface area contributed by atoms with Crippen molar-refractivity contribution < 1.29 is 23.9 Å². The van der Waals surface area contributed by atoms with Gasteiger partial charge in [-0.25, -0.2) is 9.59 Å². The molecule has 7 heteroatoms. The Bertz CT molecular complexity index is 569. The van der Waals surface area contributed by atoms with Gasteiger partial charge in [0.2, 0.25) is 6.04 Å². The molecule has 1 heterocycles. The zero-order valence-corrected chi connectivity index (χ0v) is 14.9. The van der Waals surface area contributed by atoms with Crippen LogP contribution < -0.4 is 5.32 Å². The first-order chi connectivity index (χ1) is 11.6. The van der Waals surface area contributed by atoms with Crippen molar-refractivity contribution in [2.24, 2.45) is 0 Å². The highest BCUT2D eigenvalue weighted by Gasteiger charge is 2.32. The third-order valence-corrected chi connectivity index (χ3v) is 5.03. The molecule has 6 nitrogen and oxygen atoms in total. The first-order valence-corrected chi connectivity index (χ1v) is 9.14. The molecular weight excluding hydrogens is 330 g/mol. The number of nitrogens with one attached hydrogen (secondary N) is 1. The molecule has 0 aromatic carbocycles. The number of amides is 1. The lowest BCUT2D eigenvalue weighted by molar-refractivity contribution is -0.157. The molecule has 1 aliphatic carbocycles. The molecule has 1 N–H and O–H groups in total. The van der Waals surface area contributed by atoms with Gasteiger partial charge in [-0.1, -0.05) is 6.42 Å². The van der Waals surface area contributed by atoms with Crippen molar-refractivity contribution in [2.45, 2.75) is 52.0 Å². The predicted molar refractivity (Wildman–Crippen MR) is 90.1 cm³/mol. The normalized spacial score (nSPS) is 13.8. The molecule has 0 saturated heterocycles. The summed E-state index contributed by atoms with van der Waals surface area (Å²) < 4.78 is 9.71. The maximum Gasteiger partial charge on any atom is 0.340 e. The summed E-state index contributed by atoms with van der Waals surface area (Å²) in [7, 11) is 0. The highest BCUT2D eigenvalue weighted by Crippen LogP contribution is 2.29. The van der Waals surface area contributed by atoms with Gasteiger partial charge < -0.3 is 14.8 Å². The molecule has 1 aromatic rings. The van der Waals surface area contributed by atoms with Crippen LogP contribution in [0.25, 0.3) is 0 Å². The fourth-order valence-electron chi connectivity index (χ4n) is 2.65. The largest absolute Gasteiger partial charge is 0.464 e. The van der Waals surface area contributed by atoms with Crippen LogP contribution in [0, 0.1) is 0 Å². The summed E-state index contributed by atoms with van der Waals surface area (Å²) in [5.74, 6) is -2.05. The Balaban J connectivity index is 2.11. The van der Waals surface area contributed by atoms with E-state index in [1.54, 1.807) is 13.8 Å². The number of carbonyl (C=O) groups is 3. The molecule has 1 aromatic heterocycles. The zero-order valence-electron chi connectivity index (χ0n) is 14.1. The molecule has 0 saturated carbocycles. The van der Waals surface area contributed by atoms with Gasteiger partial charge in [-0.2, -0.15) is 0 Å². The second-order valence-corrected chi connectivity index (χ2v) is 6.67. The minimum atomic E-state index is -1.43. The van der Waals surface area contributed by atoms with Crippen LogP contribution in [0.4, 0.5) is 0 Å². The number of esters is 2. The van der Waals surface area contributed by atoms with Crippen molar-refractivity contribution >= 4 is 29.2 Å². The molecular formula is C17H23NO5S. The third-order valence-electron chi connectivity index (χ3n) is 3.79. The summed E-state index contributed by atoms with van der Waals surface area (Å²) in [6.45, 7) is 3.52. The van der Waals surface area contributed by atoms with Gasteiger partial charge >= 0.3 is 11.9 Å². The average molecular weight is 353 g/mol. The fraction of sp³-hybridized carbons (Fsp3) is 0.588. The van der Waals surface area contributed by atoms with Crippen LogP contribution in [0.5, 0.6) is 0 Å². The van der Waals surface area contributed by atoms with Crippen molar-refractivity contribution in [3.05, 3.63) is 21.4 Å². The number of fused-ring (bicyclic) bond motifs is 1. The number of carbonyl (C=O) groups excluding carboxylic acids is 3. The lowest BCUT2D eigenvalue weighted by Gasteiger charge is -2.15. The molecule has 0 aliphatic heterocycles. The summed E-state index contributed by atoms with van der Waals surface area (Å²) in [6, 6.07) is 0.438. The molecule has 0 unspecified atom stereocenters. The van der Waals surface area contributed by atoms with Crippen LogP contribution in [0.1, 0.15) is 53.2 Å². The lowest BCUT2D eigenvalue weighted by atomic mass is 10.1. The Morgan fingerprint density at radius 2 is 1.71 bits per heavy atom.